The van der Waals surface area contributed by atoms with Crippen LogP contribution in [0, 0.1) is 0 Å². The molecule has 0 aliphatic carbocycles. The van der Waals surface area contributed by atoms with Crippen LogP contribution >= 0.6 is 0 Å². The highest BCUT2D eigenvalue weighted by Crippen LogP contribution is 2.18. The number of hydrogen-bond donors (Lipinski definition) is 1. The summed E-state index contributed by atoms with van der Waals surface area (Å²) in [6.45, 7) is 0.134. The molecule has 0 aliphatic rings. The molecule has 1 heterocycles. The fourth-order valence-electron chi connectivity index (χ4n) is 2.43. The fraction of sp³-hybridized carbons (Fsp3) is 0.143. The molecule has 0 aliphatic heterocycles. The van der Waals surface area contributed by atoms with E-state index in [0.29, 0.717) is 28.5 Å². The SMILES string of the molecule is N/C(=N/OCCCS(=O)(=O)c1ccccc1)c1ccc(Oc2ccccc2)nc1. The molecule has 2 aromatic carbocycles. The molecule has 150 valence electrons. The van der Waals surface area contributed by atoms with E-state index in [9.17, 15) is 8.42 Å². The van der Waals surface area contributed by atoms with Crippen molar-refractivity contribution in [3.8, 4) is 11.6 Å². The molecule has 7 nitrogen and oxygen atoms in total. The molecule has 0 radical (unpaired) electrons. The van der Waals surface area contributed by atoms with E-state index in [-0.39, 0.29) is 18.2 Å². The quantitative estimate of drug-likeness (QED) is 0.251. The van der Waals surface area contributed by atoms with Gasteiger partial charge in [0, 0.05) is 17.8 Å². The molecule has 0 saturated carbocycles. The predicted molar refractivity (Wildman–Crippen MR) is 111 cm³/mol. The lowest BCUT2D eigenvalue weighted by atomic mass is 10.3. The molecule has 0 fully saturated rings. The van der Waals surface area contributed by atoms with Crippen LogP contribution < -0.4 is 10.5 Å². The van der Waals surface area contributed by atoms with Crippen molar-refractivity contribution in [3.63, 3.8) is 0 Å². The van der Waals surface area contributed by atoms with E-state index >= 15 is 0 Å². The number of para-hydroxylation sites is 1. The fourth-order valence-corrected chi connectivity index (χ4v) is 3.73. The zero-order chi connectivity index (χ0) is 20.5. The van der Waals surface area contributed by atoms with Crippen LogP contribution in [0.1, 0.15) is 12.0 Å². The van der Waals surface area contributed by atoms with Crippen molar-refractivity contribution in [1.82, 2.24) is 4.98 Å². The van der Waals surface area contributed by atoms with Crippen LogP contribution in [0.3, 0.4) is 0 Å². The standard InChI is InChI=1S/C21H21N3O4S/c22-21(17-12-13-20(23-16-17)28-18-8-3-1-4-9-18)24-27-14-7-15-29(25,26)19-10-5-2-6-11-19/h1-6,8-13,16H,7,14-15H2,(H2,22,24). The van der Waals surface area contributed by atoms with Crippen LogP contribution in [0.4, 0.5) is 0 Å². The van der Waals surface area contributed by atoms with Gasteiger partial charge in [-0.3, -0.25) is 0 Å². The minimum atomic E-state index is -3.33. The van der Waals surface area contributed by atoms with Gasteiger partial charge in [0.25, 0.3) is 0 Å². The summed E-state index contributed by atoms with van der Waals surface area (Å²) in [7, 11) is -3.33. The second kappa shape index (κ2) is 9.70. The first-order valence-corrected chi connectivity index (χ1v) is 10.6. The van der Waals surface area contributed by atoms with Gasteiger partial charge in [0.1, 0.15) is 12.4 Å². The number of hydrogen-bond acceptors (Lipinski definition) is 6. The number of aromatic nitrogens is 1. The highest BCUT2D eigenvalue weighted by molar-refractivity contribution is 7.91. The summed E-state index contributed by atoms with van der Waals surface area (Å²) in [6, 6.07) is 21.0. The van der Waals surface area contributed by atoms with Gasteiger partial charge < -0.3 is 15.3 Å². The van der Waals surface area contributed by atoms with Crippen molar-refractivity contribution < 1.29 is 18.0 Å². The molecule has 1 aromatic heterocycles. The number of benzene rings is 2. The smallest absolute Gasteiger partial charge is 0.219 e. The molecular formula is C21H21N3O4S. The van der Waals surface area contributed by atoms with E-state index in [1.807, 2.05) is 30.3 Å². The van der Waals surface area contributed by atoms with Gasteiger partial charge in [-0.25, -0.2) is 13.4 Å². The molecule has 0 amide bonds. The van der Waals surface area contributed by atoms with Gasteiger partial charge in [0.05, 0.1) is 10.6 Å². The summed E-state index contributed by atoms with van der Waals surface area (Å²) in [5.41, 5.74) is 6.45. The van der Waals surface area contributed by atoms with Gasteiger partial charge in [0.2, 0.25) is 5.88 Å². The highest BCUT2D eigenvalue weighted by atomic mass is 32.2. The van der Waals surface area contributed by atoms with E-state index in [4.69, 9.17) is 15.3 Å². The number of nitrogens with zero attached hydrogens (tertiary/aromatic N) is 2. The third kappa shape index (κ3) is 6.05. The average molecular weight is 411 g/mol. The maximum Gasteiger partial charge on any atom is 0.219 e. The molecule has 29 heavy (non-hydrogen) atoms. The highest BCUT2D eigenvalue weighted by Gasteiger charge is 2.13. The third-order valence-electron chi connectivity index (χ3n) is 3.91. The Morgan fingerprint density at radius 2 is 1.66 bits per heavy atom. The second-order valence-electron chi connectivity index (χ2n) is 6.10. The zero-order valence-corrected chi connectivity index (χ0v) is 16.5. The maximum absolute atomic E-state index is 12.2. The van der Waals surface area contributed by atoms with Gasteiger partial charge >= 0.3 is 0 Å². The number of pyridine rings is 1. The van der Waals surface area contributed by atoms with Gasteiger partial charge in [-0.05, 0) is 36.8 Å². The van der Waals surface area contributed by atoms with Crippen molar-refractivity contribution >= 4 is 15.7 Å². The summed E-state index contributed by atoms with van der Waals surface area (Å²) in [5, 5.41) is 3.82. The van der Waals surface area contributed by atoms with Crippen molar-refractivity contribution in [2.24, 2.45) is 10.9 Å². The van der Waals surface area contributed by atoms with E-state index in [1.165, 1.54) is 6.20 Å². The Morgan fingerprint density at radius 1 is 0.966 bits per heavy atom. The zero-order valence-electron chi connectivity index (χ0n) is 15.6. The predicted octanol–water partition coefficient (Wildman–Crippen LogP) is 3.37. The molecule has 3 rings (SSSR count). The summed E-state index contributed by atoms with van der Waals surface area (Å²) in [4.78, 5) is 9.63. The first-order valence-electron chi connectivity index (χ1n) is 8.97. The van der Waals surface area contributed by atoms with Gasteiger partial charge in [-0.1, -0.05) is 41.6 Å². The lowest BCUT2D eigenvalue weighted by Gasteiger charge is -2.06. The second-order valence-corrected chi connectivity index (χ2v) is 8.20. The first-order chi connectivity index (χ1) is 14.0. The molecule has 0 bridgehead atoms. The summed E-state index contributed by atoms with van der Waals surface area (Å²) < 4.78 is 30.0. The van der Waals surface area contributed by atoms with E-state index in [1.54, 1.807) is 42.5 Å². The first kappa shape index (κ1) is 20.3. The Balaban J connectivity index is 1.47. The van der Waals surface area contributed by atoms with Crippen LogP contribution in [0.5, 0.6) is 11.6 Å². The monoisotopic (exact) mass is 411 g/mol. The molecule has 0 atom stereocenters. The lowest BCUT2D eigenvalue weighted by molar-refractivity contribution is 0.145. The van der Waals surface area contributed by atoms with Gasteiger partial charge in [-0.15, -0.1) is 0 Å². The lowest BCUT2D eigenvalue weighted by Crippen LogP contribution is -2.15. The molecule has 0 spiro atoms. The number of oxime groups is 1. The minimum Gasteiger partial charge on any atom is -0.439 e. The van der Waals surface area contributed by atoms with Crippen LogP contribution in [-0.2, 0) is 14.7 Å². The van der Waals surface area contributed by atoms with E-state index in [2.05, 4.69) is 10.1 Å². The minimum absolute atomic E-state index is 0.0283. The topological polar surface area (TPSA) is 104 Å². The molecule has 0 saturated heterocycles. The number of amidine groups is 1. The Kier molecular flexibility index (Phi) is 6.80. The summed E-state index contributed by atoms with van der Waals surface area (Å²) in [5.74, 6) is 1.23. The molecule has 8 heteroatoms. The third-order valence-corrected chi connectivity index (χ3v) is 5.73. The normalized spacial score (nSPS) is 11.8. The maximum atomic E-state index is 12.2. The Morgan fingerprint density at radius 3 is 2.31 bits per heavy atom. The summed E-state index contributed by atoms with van der Waals surface area (Å²) in [6.07, 6.45) is 1.83. The van der Waals surface area contributed by atoms with Crippen LogP contribution in [0.15, 0.2) is 89.0 Å². The number of rotatable bonds is 9. The Bertz CT molecular complexity index is 1040. The van der Waals surface area contributed by atoms with Gasteiger partial charge in [0.15, 0.2) is 15.7 Å². The average Bonchev–Trinajstić information content (AvgIpc) is 2.75. The Hall–Kier alpha value is -3.39. The molecular weight excluding hydrogens is 390 g/mol. The van der Waals surface area contributed by atoms with Crippen LogP contribution in [0.2, 0.25) is 0 Å². The molecule has 2 N–H and O–H groups in total. The van der Waals surface area contributed by atoms with E-state index in [0.717, 1.165) is 0 Å². The van der Waals surface area contributed by atoms with E-state index < -0.39 is 9.84 Å². The van der Waals surface area contributed by atoms with Crippen LogP contribution in [0.25, 0.3) is 0 Å². The van der Waals surface area contributed by atoms with Crippen molar-refractivity contribution in [1.29, 1.82) is 0 Å². The van der Waals surface area contributed by atoms with Crippen LogP contribution in [-0.4, -0.2) is 31.6 Å². The summed E-state index contributed by atoms with van der Waals surface area (Å²) >= 11 is 0. The largest absolute Gasteiger partial charge is 0.439 e. The number of ether oxygens (including phenoxy) is 1. The van der Waals surface area contributed by atoms with Crippen molar-refractivity contribution in [2.45, 2.75) is 11.3 Å². The van der Waals surface area contributed by atoms with Crippen molar-refractivity contribution in [3.05, 3.63) is 84.6 Å². The van der Waals surface area contributed by atoms with Crippen molar-refractivity contribution in [2.75, 3.05) is 12.4 Å². The molecule has 3 aromatic rings. The Labute approximate surface area is 169 Å². The van der Waals surface area contributed by atoms with Gasteiger partial charge in [-0.2, -0.15) is 0 Å². The number of nitrogens with two attached hydrogens (primary N) is 1. The molecule has 0 unspecified atom stereocenters. The number of sulfone groups is 1.